The van der Waals surface area contributed by atoms with Gasteiger partial charge in [-0.1, -0.05) is 38.1 Å². The van der Waals surface area contributed by atoms with Crippen molar-refractivity contribution in [2.75, 3.05) is 0 Å². The van der Waals surface area contributed by atoms with Gasteiger partial charge in [0.25, 0.3) is 5.56 Å². The minimum absolute atomic E-state index is 0.0284. The van der Waals surface area contributed by atoms with Crippen molar-refractivity contribution in [3.63, 3.8) is 0 Å². The smallest absolute Gasteiger partial charge is 0.264 e. The molecule has 1 atom stereocenters. The molecule has 124 valence electrons. The van der Waals surface area contributed by atoms with Crippen LogP contribution in [0.1, 0.15) is 42.1 Å². The maximum absolute atomic E-state index is 12.4. The SMILES string of the molecule is CCC(C)c1ccc(C(=O)Cn2cnc3c(cnn3C)c2=O)cc1. The van der Waals surface area contributed by atoms with Crippen molar-refractivity contribution >= 4 is 16.8 Å². The Morgan fingerprint density at radius 1 is 1.25 bits per heavy atom. The largest absolute Gasteiger partial charge is 0.292 e. The standard InChI is InChI=1S/C18H20N4O2/c1-4-12(2)13-5-7-14(8-6-13)16(23)10-22-11-19-17-15(18(22)24)9-20-21(17)3/h5-9,11-12H,4,10H2,1-3H3. The van der Waals surface area contributed by atoms with Crippen molar-refractivity contribution < 1.29 is 4.79 Å². The van der Waals surface area contributed by atoms with Crippen molar-refractivity contribution in [3.8, 4) is 0 Å². The van der Waals surface area contributed by atoms with E-state index in [1.807, 2.05) is 24.3 Å². The van der Waals surface area contributed by atoms with Crippen molar-refractivity contribution in [3.05, 3.63) is 58.3 Å². The summed E-state index contributed by atoms with van der Waals surface area (Å²) in [5.74, 6) is 0.354. The maximum atomic E-state index is 12.4. The lowest BCUT2D eigenvalue weighted by molar-refractivity contribution is 0.0970. The fourth-order valence-electron chi connectivity index (χ4n) is 2.66. The van der Waals surface area contributed by atoms with Gasteiger partial charge < -0.3 is 0 Å². The van der Waals surface area contributed by atoms with Gasteiger partial charge in [0.05, 0.1) is 12.7 Å². The van der Waals surface area contributed by atoms with Gasteiger partial charge in [0.15, 0.2) is 11.4 Å². The topological polar surface area (TPSA) is 69.8 Å². The molecule has 0 aliphatic rings. The number of carbonyl (C=O) groups is 1. The van der Waals surface area contributed by atoms with Crippen LogP contribution in [-0.2, 0) is 13.6 Å². The van der Waals surface area contributed by atoms with Crippen molar-refractivity contribution in [2.45, 2.75) is 32.7 Å². The zero-order valence-electron chi connectivity index (χ0n) is 14.1. The van der Waals surface area contributed by atoms with E-state index in [1.165, 1.54) is 27.3 Å². The first kappa shape index (κ1) is 16.1. The van der Waals surface area contributed by atoms with Gasteiger partial charge in [0.2, 0.25) is 0 Å². The van der Waals surface area contributed by atoms with Gasteiger partial charge >= 0.3 is 0 Å². The number of aryl methyl sites for hydroxylation is 1. The maximum Gasteiger partial charge on any atom is 0.264 e. The van der Waals surface area contributed by atoms with Gasteiger partial charge in [-0.05, 0) is 17.9 Å². The highest BCUT2D eigenvalue weighted by Crippen LogP contribution is 2.19. The second-order valence-electron chi connectivity index (χ2n) is 6.04. The van der Waals surface area contributed by atoms with E-state index in [0.717, 1.165) is 6.42 Å². The first-order valence-electron chi connectivity index (χ1n) is 8.01. The van der Waals surface area contributed by atoms with Gasteiger partial charge in [-0.3, -0.25) is 18.8 Å². The van der Waals surface area contributed by atoms with E-state index in [1.54, 1.807) is 7.05 Å². The zero-order valence-corrected chi connectivity index (χ0v) is 14.1. The van der Waals surface area contributed by atoms with Crippen LogP contribution >= 0.6 is 0 Å². The molecule has 3 aromatic rings. The Morgan fingerprint density at radius 3 is 2.62 bits per heavy atom. The van der Waals surface area contributed by atoms with Gasteiger partial charge in [-0.25, -0.2) is 4.98 Å². The number of fused-ring (bicyclic) bond motifs is 1. The van der Waals surface area contributed by atoms with Crippen molar-refractivity contribution in [1.29, 1.82) is 0 Å². The van der Waals surface area contributed by atoms with Crippen LogP contribution < -0.4 is 5.56 Å². The average molecular weight is 324 g/mol. The fourth-order valence-corrected chi connectivity index (χ4v) is 2.66. The third-order valence-electron chi connectivity index (χ3n) is 4.45. The molecule has 0 amide bonds. The molecule has 2 aromatic heterocycles. The van der Waals surface area contributed by atoms with E-state index < -0.39 is 0 Å². The van der Waals surface area contributed by atoms with Crippen LogP contribution in [0.25, 0.3) is 11.0 Å². The summed E-state index contributed by atoms with van der Waals surface area (Å²) in [6, 6.07) is 7.61. The Labute approximate surface area is 139 Å². The average Bonchev–Trinajstić information content (AvgIpc) is 2.98. The number of hydrogen-bond donors (Lipinski definition) is 0. The Balaban J connectivity index is 1.84. The summed E-state index contributed by atoms with van der Waals surface area (Å²) in [6.07, 6.45) is 3.93. The molecule has 6 nitrogen and oxygen atoms in total. The number of rotatable bonds is 5. The highest BCUT2D eigenvalue weighted by atomic mass is 16.1. The summed E-state index contributed by atoms with van der Waals surface area (Å²) < 4.78 is 2.87. The normalized spacial score (nSPS) is 12.5. The molecule has 0 bridgehead atoms. The summed E-state index contributed by atoms with van der Waals surface area (Å²) in [5, 5.41) is 4.44. The molecule has 6 heteroatoms. The van der Waals surface area contributed by atoms with Crippen molar-refractivity contribution in [2.24, 2.45) is 7.05 Å². The first-order valence-corrected chi connectivity index (χ1v) is 8.01. The number of Topliss-reactive ketones (excluding diaryl/α,β-unsaturated/α-hetero) is 1. The number of carbonyl (C=O) groups excluding carboxylic acids is 1. The molecular formula is C18H20N4O2. The van der Waals surface area contributed by atoms with Gasteiger partial charge in [0.1, 0.15) is 11.7 Å². The fraction of sp³-hybridized carbons (Fsp3) is 0.333. The quantitative estimate of drug-likeness (QED) is 0.676. The summed E-state index contributed by atoms with van der Waals surface area (Å²) in [4.78, 5) is 29.1. The molecule has 0 aliphatic carbocycles. The Hall–Kier alpha value is -2.76. The minimum Gasteiger partial charge on any atom is -0.292 e. The van der Waals surface area contributed by atoms with E-state index in [2.05, 4.69) is 23.9 Å². The number of hydrogen-bond acceptors (Lipinski definition) is 4. The lowest BCUT2D eigenvalue weighted by atomic mass is 9.97. The van der Waals surface area contributed by atoms with Crippen LogP contribution in [0.15, 0.2) is 41.6 Å². The third-order valence-corrected chi connectivity index (χ3v) is 4.45. The molecule has 0 radical (unpaired) electrons. The van der Waals surface area contributed by atoms with Crippen LogP contribution in [0.4, 0.5) is 0 Å². The lowest BCUT2D eigenvalue weighted by Crippen LogP contribution is -2.24. The molecule has 24 heavy (non-hydrogen) atoms. The number of benzene rings is 1. The number of aromatic nitrogens is 4. The molecule has 3 rings (SSSR count). The van der Waals surface area contributed by atoms with E-state index in [4.69, 9.17) is 0 Å². The predicted octanol–water partition coefficient (Wildman–Crippen LogP) is 2.53. The molecule has 1 unspecified atom stereocenters. The van der Waals surface area contributed by atoms with E-state index in [9.17, 15) is 9.59 Å². The van der Waals surface area contributed by atoms with E-state index in [0.29, 0.717) is 22.5 Å². The predicted molar refractivity (Wildman–Crippen MR) is 92.2 cm³/mol. The molecule has 1 aromatic carbocycles. The van der Waals surface area contributed by atoms with Crippen molar-refractivity contribution in [1.82, 2.24) is 19.3 Å². The Kier molecular flexibility index (Phi) is 4.29. The summed E-state index contributed by atoms with van der Waals surface area (Å²) >= 11 is 0. The lowest BCUT2D eigenvalue weighted by Gasteiger charge is -2.10. The van der Waals surface area contributed by atoms with Crippen LogP contribution in [0.5, 0.6) is 0 Å². The Bertz CT molecular complexity index is 938. The van der Waals surface area contributed by atoms with Gasteiger partial charge in [0, 0.05) is 12.6 Å². The molecule has 0 saturated carbocycles. The molecule has 0 spiro atoms. The van der Waals surface area contributed by atoms with Crippen LogP contribution in [0, 0.1) is 0 Å². The zero-order chi connectivity index (χ0) is 17.3. The minimum atomic E-state index is -0.252. The van der Waals surface area contributed by atoms with E-state index >= 15 is 0 Å². The van der Waals surface area contributed by atoms with Crippen LogP contribution in [-0.4, -0.2) is 25.1 Å². The first-order chi connectivity index (χ1) is 11.5. The highest BCUT2D eigenvalue weighted by molar-refractivity contribution is 5.96. The molecular weight excluding hydrogens is 304 g/mol. The third kappa shape index (κ3) is 2.87. The number of ketones is 1. The molecule has 0 saturated heterocycles. The monoisotopic (exact) mass is 324 g/mol. The second kappa shape index (κ2) is 6.39. The summed E-state index contributed by atoms with van der Waals surface area (Å²) in [5.41, 5.74) is 2.07. The molecule has 2 heterocycles. The van der Waals surface area contributed by atoms with Gasteiger partial charge in [-0.2, -0.15) is 5.10 Å². The van der Waals surface area contributed by atoms with Crippen LogP contribution in [0.3, 0.4) is 0 Å². The Morgan fingerprint density at radius 2 is 1.96 bits per heavy atom. The molecule has 0 aliphatic heterocycles. The van der Waals surface area contributed by atoms with Crippen LogP contribution in [0.2, 0.25) is 0 Å². The number of nitrogens with zero attached hydrogens (tertiary/aromatic N) is 4. The summed E-state index contributed by atoms with van der Waals surface area (Å²) in [7, 11) is 1.73. The van der Waals surface area contributed by atoms with Gasteiger partial charge in [-0.15, -0.1) is 0 Å². The second-order valence-corrected chi connectivity index (χ2v) is 6.04. The molecule has 0 N–H and O–H groups in total. The highest BCUT2D eigenvalue weighted by Gasteiger charge is 2.12. The van der Waals surface area contributed by atoms with E-state index in [-0.39, 0.29) is 17.9 Å². The molecule has 0 fully saturated rings. The summed E-state index contributed by atoms with van der Waals surface area (Å²) in [6.45, 7) is 4.27.